The van der Waals surface area contributed by atoms with Gasteiger partial charge in [-0.3, -0.25) is 19.2 Å². The number of nitrogen functional groups attached to an aromatic ring is 1. The maximum atomic E-state index is 12.4. The average Bonchev–Trinajstić information content (AvgIpc) is 3.17. The summed E-state index contributed by atoms with van der Waals surface area (Å²) in [6, 6.07) is -2.33. The summed E-state index contributed by atoms with van der Waals surface area (Å²) in [5, 5.41) is 33.3. The molecule has 2 heterocycles. The number of amides is 2. The predicted molar refractivity (Wildman–Crippen MR) is 131 cm³/mol. The normalized spacial score (nSPS) is 16.6. The minimum absolute atomic E-state index is 0.00889. The van der Waals surface area contributed by atoms with Crippen molar-refractivity contribution in [2.75, 3.05) is 37.7 Å². The van der Waals surface area contributed by atoms with Crippen molar-refractivity contribution < 1.29 is 34.5 Å². The minimum atomic E-state index is -1.25. The highest BCUT2D eigenvalue weighted by Gasteiger charge is 2.24. The fraction of sp³-hybridized carbons (Fsp3) is 0.667. The van der Waals surface area contributed by atoms with Crippen molar-refractivity contribution in [3.8, 4) is 0 Å². The number of carboxylic acid groups (broad SMARTS) is 2. The molecule has 15 heteroatoms. The Morgan fingerprint density at radius 2 is 1.83 bits per heavy atom. The number of aromatic nitrogens is 2. The third-order valence-corrected chi connectivity index (χ3v) is 6.57. The molecular formula is C21H35N7O7S. The third-order valence-electron chi connectivity index (χ3n) is 5.57. The monoisotopic (exact) mass is 529 g/mol. The molecule has 1 saturated heterocycles. The number of hydrogen-bond acceptors (Lipinski definition) is 10. The quantitative estimate of drug-likeness (QED) is 0.126. The molecule has 1 aromatic rings. The summed E-state index contributed by atoms with van der Waals surface area (Å²) in [7, 11) is 0. The molecule has 1 fully saturated rings. The molecule has 0 saturated carbocycles. The predicted octanol–water partition coefficient (Wildman–Crippen LogP) is -1.72. The zero-order valence-electron chi connectivity index (χ0n) is 20.0. The molecule has 2 amide bonds. The van der Waals surface area contributed by atoms with Crippen LogP contribution in [0.2, 0.25) is 0 Å². The van der Waals surface area contributed by atoms with Gasteiger partial charge in [0.1, 0.15) is 23.7 Å². The smallest absolute Gasteiger partial charge is 0.322 e. The molecule has 0 aliphatic carbocycles. The van der Waals surface area contributed by atoms with E-state index in [1.165, 1.54) is 6.42 Å². The van der Waals surface area contributed by atoms with Gasteiger partial charge in [-0.2, -0.15) is 0 Å². The summed E-state index contributed by atoms with van der Waals surface area (Å²) in [4.78, 5) is 52.8. The molecule has 202 valence electrons. The molecule has 0 spiro atoms. The van der Waals surface area contributed by atoms with Gasteiger partial charge in [0, 0.05) is 24.9 Å². The van der Waals surface area contributed by atoms with Crippen LogP contribution in [0.3, 0.4) is 0 Å². The second-order valence-corrected chi connectivity index (χ2v) is 9.67. The molecule has 0 radical (unpaired) electrons. The molecular weight excluding hydrogens is 494 g/mol. The van der Waals surface area contributed by atoms with Crippen molar-refractivity contribution in [1.29, 1.82) is 0 Å². The van der Waals surface area contributed by atoms with E-state index >= 15 is 0 Å². The van der Waals surface area contributed by atoms with Crippen molar-refractivity contribution in [1.82, 2.24) is 25.1 Å². The van der Waals surface area contributed by atoms with Crippen LogP contribution < -0.4 is 22.1 Å². The van der Waals surface area contributed by atoms with E-state index in [1.54, 1.807) is 10.8 Å². The number of aliphatic hydroxyl groups is 1. The van der Waals surface area contributed by atoms with Gasteiger partial charge in [-0.15, -0.1) is 11.8 Å². The summed E-state index contributed by atoms with van der Waals surface area (Å²) in [5.74, 6) is -3.62. The maximum Gasteiger partial charge on any atom is 0.322 e. The molecule has 1 aromatic heterocycles. The number of nitrogens with zero attached hydrogens (tertiary/aromatic N) is 3. The van der Waals surface area contributed by atoms with E-state index in [2.05, 4.69) is 20.5 Å². The Labute approximate surface area is 212 Å². The van der Waals surface area contributed by atoms with Crippen LogP contribution in [0, 0.1) is 0 Å². The molecule has 36 heavy (non-hydrogen) atoms. The van der Waals surface area contributed by atoms with Crippen LogP contribution in [0.1, 0.15) is 32.1 Å². The zero-order chi connectivity index (χ0) is 26.7. The Bertz CT molecular complexity index is 907. The Balaban J connectivity index is 1.94. The maximum absolute atomic E-state index is 12.4. The van der Waals surface area contributed by atoms with E-state index in [1.807, 2.05) is 0 Å². The number of piperidine rings is 1. The van der Waals surface area contributed by atoms with Crippen LogP contribution in [0.25, 0.3) is 0 Å². The number of carbonyl (C=O) groups excluding carboxylic acids is 2. The Hall–Kier alpha value is -2.88. The summed E-state index contributed by atoms with van der Waals surface area (Å²) in [6.07, 6.45) is 4.08. The molecule has 0 bridgehead atoms. The van der Waals surface area contributed by atoms with E-state index in [4.69, 9.17) is 21.7 Å². The number of thioether (sulfide) groups is 1. The lowest BCUT2D eigenvalue weighted by atomic mass is 10.1. The van der Waals surface area contributed by atoms with Crippen molar-refractivity contribution >= 4 is 41.5 Å². The number of imidazole rings is 1. The minimum Gasteiger partial charge on any atom is -0.480 e. The fourth-order valence-corrected chi connectivity index (χ4v) is 4.59. The van der Waals surface area contributed by atoms with E-state index in [9.17, 15) is 24.3 Å². The number of hydrogen-bond donors (Lipinski definition) is 7. The second-order valence-electron chi connectivity index (χ2n) is 8.63. The van der Waals surface area contributed by atoms with Gasteiger partial charge in [-0.1, -0.05) is 6.42 Å². The van der Waals surface area contributed by atoms with Crippen molar-refractivity contribution in [2.45, 2.75) is 61.9 Å². The summed E-state index contributed by atoms with van der Waals surface area (Å²) < 4.78 is 1.61. The third kappa shape index (κ3) is 10.4. The molecule has 1 aliphatic rings. The van der Waals surface area contributed by atoms with Gasteiger partial charge < -0.3 is 46.9 Å². The molecule has 3 atom stereocenters. The van der Waals surface area contributed by atoms with Gasteiger partial charge in [0.25, 0.3) is 0 Å². The lowest BCUT2D eigenvalue weighted by Crippen LogP contribution is -2.49. The van der Waals surface area contributed by atoms with Crippen LogP contribution in [0.15, 0.2) is 11.2 Å². The van der Waals surface area contributed by atoms with E-state index in [0.717, 1.165) is 37.7 Å². The van der Waals surface area contributed by atoms with Gasteiger partial charge in [-0.25, -0.2) is 4.98 Å². The van der Waals surface area contributed by atoms with Gasteiger partial charge in [0.05, 0.1) is 12.6 Å². The van der Waals surface area contributed by atoms with Gasteiger partial charge in [-0.05, 0) is 32.4 Å². The standard InChI is InChI=1S/C21H35N7O7S/c22-14(20(34)35)4-5-16(30)25-15(19(33)24-8-18(31)32)12-36-17-11-28(21(23)26-17)10-13(29)9-27-6-2-1-3-7-27/h11,13-15,29H,1-10,12,22H2,(H2,23,26)(H,24,33)(H,25,30)(H,31,32)(H,34,35). The highest BCUT2D eigenvalue weighted by Crippen LogP contribution is 2.20. The van der Waals surface area contributed by atoms with Crippen molar-refractivity contribution in [2.24, 2.45) is 5.73 Å². The summed E-state index contributed by atoms with van der Waals surface area (Å²) in [6.45, 7) is 2.06. The number of nitrogens with one attached hydrogen (secondary N) is 2. The molecule has 0 aromatic carbocycles. The zero-order valence-corrected chi connectivity index (χ0v) is 20.8. The van der Waals surface area contributed by atoms with Crippen molar-refractivity contribution in [3.63, 3.8) is 0 Å². The van der Waals surface area contributed by atoms with Crippen LogP contribution in [0.5, 0.6) is 0 Å². The number of aliphatic carboxylic acids is 2. The first kappa shape index (κ1) is 29.4. The lowest BCUT2D eigenvalue weighted by molar-refractivity contribution is -0.139. The van der Waals surface area contributed by atoms with Gasteiger partial charge in [0.15, 0.2) is 0 Å². The SMILES string of the molecule is Nc1nc(SCC(NC(=O)CCC(N)C(=O)O)C(=O)NCC(=O)O)cn1CC(O)CN1CCCCC1. The summed E-state index contributed by atoms with van der Waals surface area (Å²) in [5.41, 5.74) is 11.4. The highest BCUT2D eigenvalue weighted by molar-refractivity contribution is 7.99. The average molecular weight is 530 g/mol. The highest BCUT2D eigenvalue weighted by atomic mass is 32.2. The van der Waals surface area contributed by atoms with Crippen LogP contribution in [-0.4, -0.2) is 104 Å². The van der Waals surface area contributed by atoms with Crippen LogP contribution in [0.4, 0.5) is 5.95 Å². The van der Waals surface area contributed by atoms with E-state index in [-0.39, 0.29) is 31.1 Å². The number of β-amino-alcohol motifs (C(OH)–C–C–N with tert-alkyl or cyclic N) is 1. The Morgan fingerprint density at radius 3 is 2.47 bits per heavy atom. The first-order chi connectivity index (χ1) is 17.0. The summed E-state index contributed by atoms with van der Waals surface area (Å²) >= 11 is 1.11. The first-order valence-corrected chi connectivity index (χ1v) is 12.7. The number of carboxylic acids is 2. The lowest BCUT2D eigenvalue weighted by Gasteiger charge is -2.28. The molecule has 14 nitrogen and oxygen atoms in total. The van der Waals surface area contributed by atoms with Gasteiger partial charge in [0.2, 0.25) is 17.8 Å². The van der Waals surface area contributed by atoms with Crippen LogP contribution in [-0.2, 0) is 25.7 Å². The van der Waals surface area contributed by atoms with Gasteiger partial charge >= 0.3 is 11.9 Å². The number of rotatable bonds is 15. The van der Waals surface area contributed by atoms with Crippen LogP contribution >= 0.6 is 11.8 Å². The molecule has 3 unspecified atom stereocenters. The molecule has 9 N–H and O–H groups in total. The van der Waals surface area contributed by atoms with Crippen molar-refractivity contribution in [3.05, 3.63) is 6.20 Å². The van der Waals surface area contributed by atoms with E-state index in [0.29, 0.717) is 11.6 Å². The molecule has 1 aliphatic heterocycles. The Morgan fingerprint density at radius 1 is 1.14 bits per heavy atom. The second kappa shape index (κ2) is 14.6. The number of aliphatic hydroxyl groups excluding tert-OH is 1. The topological polar surface area (TPSA) is 226 Å². The largest absolute Gasteiger partial charge is 0.480 e. The Kier molecular flexibility index (Phi) is 11.9. The number of likely N-dealkylation sites (tertiary alicyclic amines) is 1. The van der Waals surface area contributed by atoms with E-state index < -0.39 is 48.5 Å². The number of nitrogens with two attached hydrogens (primary N) is 2. The fourth-order valence-electron chi connectivity index (χ4n) is 3.66. The number of anilines is 1. The number of carbonyl (C=O) groups is 4. The first-order valence-electron chi connectivity index (χ1n) is 11.7. The molecule has 2 rings (SSSR count).